The average Bonchev–Trinajstić information content (AvgIpc) is 3.39. The van der Waals surface area contributed by atoms with Gasteiger partial charge in [0.2, 0.25) is 0 Å². The molecule has 1 aliphatic heterocycles. The van der Waals surface area contributed by atoms with Crippen LogP contribution in [0.3, 0.4) is 0 Å². The Morgan fingerprint density at radius 2 is 1.62 bits per heavy atom. The molecule has 232 valence electrons. The van der Waals surface area contributed by atoms with Crippen LogP contribution in [0.25, 0.3) is 10.8 Å². The highest BCUT2D eigenvalue weighted by Gasteiger charge is 2.36. The molecule has 0 aliphatic carbocycles. The van der Waals surface area contributed by atoms with E-state index in [4.69, 9.17) is 4.74 Å². The molecule has 0 aromatic heterocycles. The van der Waals surface area contributed by atoms with E-state index in [2.05, 4.69) is 36.0 Å². The molecule has 0 bridgehead atoms. The van der Waals surface area contributed by atoms with Crippen molar-refractivity contribution in [2.45, 2.75) is 109 Å². The largest absolute Gasteiger partial charge is 0.522 e. The molecule has 0 spiro atoms. The Kier molecular flexibility index (Phi) is 15.2. The summed E-state index contributed by atoms with van der Waals surface area (Å²) in [6.07, 6.45) is 17.5. The molecule has 0 N–H and O–H groups in total. The number of ether oxygens (including phenoxy) is 2. The molecule has 7 heteroatoms. The average molecular weight is 588 g/mol. The van der Waals surface area contributed by atoms with Gasteiger partial charge in [0.1, 0.15) is 5.75 Å². The van der Waals surface area contributed by atoms with E-state index in [0.29, 0.717) is 38.1 Å². The van der Waals surface area contributed by atoms with Gasteiger partial charge in [-0.2, -0.15) is 0 Å². The van der Waals surface area contributed by atoms with Gasteiger partial charge in [-0.1, -0.05) is 93.7 Å². The van der Waals surface area contributed by atoms with Crippen molar-refractivity contribution in [1.29, 1.82) is 0 Å². The number of carbonyl (C=O) groups excluding carboxylic acids is 1. The van der Waals surface area contributed by atoms with Crippen molar-refractivity contribution in [2.24, 2.45) is 0 Å². The quantitative estimate of drug-likeness (QED) is 0.0710. The Labute approximate surface area is 249 Å². The first-order chi connectivity index (χ1) is 20.4. The van der Waals surface area contributed by atoms with Crippen molar-refractivity contribution in [1.82, 2.24) is 4.90 Å². The number of halogens is 3. The lowest BCUT2D eigenvalue weighted by atomic mass is 10.0. The van der Waals surface area contributed by atoms with E-state index in [-0.39, 0.29) is 12.5 Å². The van der Waals surface area contributed by atoms with Gasteiger partial charge < -0.3 is 9.64 Å². The number of rotatable bonds is 19. The fourth-order valence-electron chi connectivity index (χ4n) is 5.49. The van der Waals surface area contributed by atoms with Gasteiger partial charge in [0, 0.05) is 31.4 Å². The Hall–Kier alpha value is -2.64. The van der Waals surface area contributed by atoms with E-state index in [1.54, 1.807) is 0 Å². The third kappa shape index (κ3) is 13.1. The van der Waals surface area contributed by atoms with Crippen molar-refractivity contribution in [2.75, 3.05) is 19.6 Å². The molecule has 1 aliphatic rings. The number of hydrogen-bond acceptors (Lipinski definition) is 4. The molecular weight excluding hydrogens is 539 g/mol. The van der Waals surface area contributed by atoms with E-state index in [9.17, 15) is 18.0 Å². The Morgan fingerprint density at radius 1 is 0.929 bits per heavy atom. The lowest BCUT2D eigenvalue weighted by molar-refractivity contribution is -0.340. The van der Waals surface area contributed by atoms with Crippen LogP contribution in [0.1, 0.15) is 96.0 Å². The number of unbranched alkanes of at least 4 members (excludes halogenated alkanes) is 8. The van der Waals surface area contributed by atoms with Gasteiger partial charge in [-0.25, -0.2) is 0 Å². The summed E-state index contributed by atoms with van der Waals surface area (Å²) in [5.41, 5.74) is 1.02. The normalized spacial score (nSPS) is 16.3. The second-order valence-electron chi connectivity index (χ2n) is 11.3. The fourth-order valence-corrected chi connectivity index (χ4v) is 5.49. The molecule has 3 rings (SSSR count). The first kappa shape index (κ1) is 33.9. The first-order valence-corrected chi connectivity index (χ1v) is 15.8. The second-order valence-corrected chi connectivity index (χ2v) is 11.3. The highest BCUT2D eigenvalue weighted by atomic mass is 19.4. The summed E-state index contributed by atoms with van der Waals surface area (Å²) in [5, 5.41) is 1.88. The monoisotopic (exact) mass is 587 g/mol. The van der Waals surface area contributed by atoms with E-state index < -0.39 is 12.5 Å². The van der Waals surface area contributed by atoms with Crippen LogP contribution < -0.4 is 4.74 Å². The zero-order chi connectivity index (χ0) is 30.0. The van der Waals surface area contributed by atoms with E-state index >= 15 is 0 Å². The van der Waals surface area contributed by atoms with Crippen LogP contribution in [0.4, 0.5) is 13.2 Å². The zero-order valence-electron chi connectivity index (χ0n) is 25.2. The molecule has 0 unspecified atom stereocenters. The number of fused-ring (bicyclic) bond motifs is 1. The number of likely N-dealkylation sites (tertiary alicyclic amines) is 1. The zero-order valence-corrected chi connectivity index (χ0v) is 25.2. The molecule has 1 atom stereocenters. The van der Waals surface area contributed by atoms with Gasteiger partial charge in [0.05, 0.1) is 6.10 Å². The molecule has 0 saturated carbocycles. The Balaban J connectivity index is 1.35. The van der Waals surface area contributed by atoms with Crippen LogP contribution in [0.15, 0.2) is 60.7 Å². The van der Waals surface area contributed by atoms with Crippen molar-refractivity contribution in [3.63, 3.8) is 0 Å². The maximum atomic E-state index is 12.7. The summed E-state index contributed by atoms with van der Waals surface area (Å²) < 4.78 is 47.7. The van der Waals surface area contributed by atoms with Gasteiger partial charge >= 0.3 is 12.3 Å². The number of carbonyl (C=O) groups is 1. The van der Waals surface area contributed by atoms with Crippen LogP contribution in [0.2, 0.25) is 0 Å². The van der Waals surface area contributed by atoms with E-state index in [0.717, 1.165) is 48.4 Å². The van der Waals surface area contributed by atoms with Crippen LogP contribution in [-0.4, -0.2) is 43.0 Å². The summed E-state index contributed by atoms with van der Waals surface area (Å²) in [7, 11) is 0. The number of alkyl halides is 3. The molecule has 1 fully saturated rings. The van der Waals surface area contributed by atoms with Crippen molar-refractivity contribution >= 4 is 16.7 Å². The highest BCUT2D eigenvalue weighted by Crippen LogP contribution is 2.31. The number of benzene rings is 2. The second kappa shape index (κ2) is 18.8. The Morgan fingerprint density at radius 3 is 2.36 bits per heavy atom. The maximum Gasteiger partial charge on any atom is 0.522 e. The molecule has 4 nitrogen and oxygen atoms in total. The number of esters is 1. The highest BCUT2D eigenvalue weighted by molar-refractivity contribution is 5.93. The smallest absolute Gasteiger partial charge is 0.426 e. The van der Waals surface area contributed by atoms with Crippen molar-refractivity contribution in [3.05, 3.63) is 66.3 Å². The fraction of sp³-hybridized carbons (Fsp3) is 0.571. The van der Waals surface area contributed by atoms with Gasteiger partial charge in [-0.15, -0.1) is 13.2 Å². The predicted octanol–water partition coefficient (Wildman–Crippen LogP) is 9.71. The van der Waals surface area contributed by atoms with Crippen LogP contribution in [-0.2, 0) is 16.0 Å². The summed E-state index contributed by atoms with van der Waals surface area (Å²) in [6, 6.07) is 11.6. The molecule has 0 radical (unpaired) electrons. The first-order valence-electron chi connectivity index (χ1n) is 15.8. The molecule has 0 amide bonds. The third-order valence-corrected chi connectivity index (χ3v) is 7.73. The number of hydrogen-bond donors (Lipinski definition) is 0. The van der Waals surface area contributed by atoms with Gasteiger partial charge in [0.25, 0.3) is 0 Å². The van der Waals surface area contributed by atoms with Crippen LogP contribution in [0.5, 0.6) is 5.75 Å². The summed E-state index contributed by atoms with van der Waals surface area (Å²) >= 11 is 0. The molecule has 1 heterocycles. The van der Waals surface area contributed by atoms with Crippen molar-refractivity contribution < 1.29 is 27.4 Å². The maximum absolute atomic E-state index is 12.7. The van der Waals surface area contributed by atoms with E-state index in [1.807, 2.05) is 41.3 Å². The SMILES string of the molecule is CCCCC/C=C\C/C=C\CCCCCCCC(=O)Oc1cccc2cccc(CCN3CC[C@H](OC(F)(F)F)C3)c12. The predicted molar refractivity (Wildman–Crippen MR) is 165 cm³/mol. The number of nitrogens with zero attached hydrogens (tertiary/aromatic N) is 1. The summed E-state index contributed by atoms with van der Waals surface area (Å²) in [4.78, 5) is 14.7. The standard InChI is InChI=1S/C35H48F3NO3/c1-2-3-4-5-6-7-8-9-10-11-12-13-14-15-16-23-33(40)41-32-22-18-21-29-19-17-20-30(34(29)32)24-26-39-27-25-31(28-39)42-35(36,37)38/h6-7,9-10,17-22,31H,2-5,8,11-16,23-28H2,1H3/b7-6-,10-9-/t31-/m0/s1. The minimum atomic E-state index is -4.60. The summed E-state index contributed by atoms with van der Waals surface area (Å²) in [6.45, 7) is 3.68. The molecule has 2 aromatic rings. The minimum absolute atomic E-state index is 0.227. The Bertz CT molecular complexity index is 1120. The summed E-state index contributed by atoms with van der Waals surface area (Å²) in [5.74, 6) is 0.324. The van der Waals surface area contributed by atoms with Crippen molar-refractivity contribution in [3.8, 4) is 5.75 Å². The minimum Gasteiger partial charge on any atom is -0.426 e. The number of allylic oxidation sites excluding steroid dienone is 4. The molecule has 1 saturated heterocycles. The van der Waals surface area contributed by atoms with Gasteiger partial charge in [0.15, 0.2) is 0 Å². The van der Waals surface area contributed by atoms with Crippen LogP contribution in [0, 0.1) is 0 Å². The van der Waals surface area contributed by atoms with Crippen LogP contribution >= 0.6 is 0 Å². The lowest BCUT2D eigenvalue weighted by Crippen LogP contribution is -2.29. The van der Waals surface area contributed by atoms with Gasteiger partial charge in [-0.05, 0) is 68.4 Å². The molecular formula is C35H48F3NO3. The third-order valence-electron chi connectivity index (χ3n) is 7.73. The van der Waals surface area contributed by atoms with Gasteiger partial charge in [-0.3, -0.25) is 9.53 Å². The van der Waals surface area contributed by atoms with E-state index in [1.165, 1.54) is 38.5 Å². The molecule has 42 heavy (non-hydrogen) atoms. The molecule has 2 aromatic carbocycles. The lowest BCUT2D eigenvalue weighted by Gasteiger charge is -2.18. The topological polar surface area (TPSA) is 38.8 Å².